The zero-order valence-electron chi connectivity index (χ0n) is 7.08. The predicted octanol–water partition coefficient (Wildman–Crippen LogP) is 2.52. The lowest BCUT2D eigenvalue weighted by atomic mass is 10.0. The van der Waals surface area contributed by atoms with Crippen molar-refractivity contribution in [3.63, 3.8) is 0 Å². The van der Waals surface area contributed by atoms with Crippen LogP contribution in [0.15, 0.2) is 23.1 Å². The molecule has 64 valence electrons. The fraction of sp³-hybridized carbons (Fsp3) is 0.400. The molecular formula is C10H12OS. The average Bonchev–Trinajstić information content (AvgIpc) is 2.07. The van der Waals surface area contributed by atoms with Crippen LogP contribution in [0.2, 0.25) is 0 Å². The smallest absolute Gasteiger partial charge is 0.0808 e. The Bertz CT molecular complexity index is 296. The highest BCUT2D eigenvalue weighted by atomic mass is 32.2. The Labute approximate surface area is 76.8 Å². The summed E-state index contributed by atoms with van der Waals surface area (Å²) in [6.07, 6.45) is 0.655. The third-order valence-corrected chi connectivity index (χ3v) is 3.30. The van der Waals surface area contributed by atoms with Crippen LogP contribution in [0.1, 0.15) is 23.7 Å². The van der Waals surface area contributed by atoms with Crippen molar-refractivity contribution in [2.24, 2.45) is 0 Å². The SMILES string of the molecule is Cc1ccc2c(c1)C(O)CCS2. The number of hydrogen-bond donors (Lipinski definition) is 1. The van der Waals surface area contributed by atoms with Gasteiger partial charge < -0.3 is 5.11 Å². The van der Waals surface area contributed by atoms with Crippen molar-refractivity contribution in [2.45, 2.75) is 24.3 Å². The van der Waals surface area contributed by atoms with Gasteiger partial charge in [-0.3, -0.25) is 0 Å². The molecule has 0 bridgehead atoms. The number of aliphatic hydroxyl groups is 1. The van der Waals surface area contributed by atoms with E-state index in [9.17, 15) is 5.11 Å². The van der Waals surface area contributed by atoms with Crippen LogP contribution < -0.4 is 0 Å². The van der Waals surface area contributed by atoms with Gasteiger partial charge in [0.25, 0.3) is 0 Å². The van der Waals surface area contributed by atoms with Crippen LogP contribution in [0.3, 0.4) is 0 Å². The summed E-state index contributed by atoms with van der Waals surface area (Å²) in [6, 6.07) is 6.30. The normalized spacial score (nSPS) is 22.0. The molecule has 2 heteroatoms. The molecule has 1 atom stereocenters. The van der Waals surface area contributed by atoms with Crippen molar-refractivity contribution >= 4 is 11.8 Å². The van der Waals surface area contributed by atoms with Crippen molar-refractivity contribution < 1.29 is 5.11 Å². The van der Waals surface area contributed by atoms with Crippen molar-refractivity contribution in [1.29, 1.82) is 0 Å². The molecule has 1 aliphatic rings. The van der Waals surface area contributed by atoms with Gasteiger partial charge in [0.15, 0.2) is 0 Å². The van der Waals surface area contributed by atoms with E-state index in [4.69, 9.17) is 0 Å². The van der Waals surface area contributed by atoms with Gasteiger partial charge >= 0.3 is 0 Å². The van der Waals surface area contributed by atoms with Gasteiger partial charge in [0.1, 0.15) is 0 Å². The van der Waals surface area contributed by atoms with Crippen molar-refractivity contribution in [2.75, 3.05) is 5.75 Å². The minimum absolute atomic E-state index is 0.235. The lowest BCUT2D eigenvalue weighted by molar-refractivity contribution is 0.170. The molecule has 0 radical (unpaired) electrons. The molecule has 1 unspecified atom stereocenters. The maximum atomic E-state index is 9.67. The van der Waals surface area contributed by atoms with Crippen molar-refractivity contribution in [1.82, 2.24) is 0 Å². The first-order valence-corrected chi connectivity index (χ1v) is 5.17. The Morgan fingerprint density at radius 2 is 2.33 bits per heavy atom. The molecule has 2 rings (SSSR count). The van der Waals surface area contributed by atoms with Crippen molar-refractivity contribution in [3.05, 3.63) is 29.3 Å². The van der Waals surface area contributed by atoms with Crippen LogP contribution in [0.5, 0.6) is 0 Å². The Morgan fingerprint density at radius 1 is 1.50 bits per heavy atom. The van der Waals surface area contributed by atoms with E-state index < -0.39 is 0 Å². The van der Waals surface area contributed by atoms with Crippen LogP contribution in [-0.4, -0.2) is 10.9 Å². The molecule has 0 saturated carbocycles. The number of rotatable bonds is 0. The number of fused-ring (bicyclic) bond motifs is 1. The summed E-state index contributed by atoms with van der Waals surface area (Å²) in [4.78, 5) is 1.25. The lowest BCUT2D eigenvalue weighted by Gasteiger charge is -2.20. The van der Waals surface area contributed by atoms with E-state index in [1.165, 1.54) is 10.5 Å². The van der Waals surface area contributed by atoms with Gasteiger partial charge in [-0.15, -0.1) is 11.8 Å². The number of thioether (sulfide) groups is 1. The zero-order chi connectivity index (χ0) is 8.55. The highest BCUT2D eigenvalue weighted by molar-refractivity contribution is 7.99. The highest BCUT2D eigenvalue weighted by Gasteiger charge is 2.17. The highest BCUT2D eigenvalue weighted by Crippen LogP contribution is 2.36. The van der Waals surface area contributed by atoms with Gasteiger partial charge in [0.2, 0.25) is 0 Å². The van der Waals surface area contributed by atoms with E-state index >= 15 is 0 Å². The first-order valence-electron chi connectivity index (χ1n) is 4.19. The molecule has 1 heterocycles. The summed E-state index contributed by atoms with van der Waals surface area (Å²) in [5, 5.41) is 9.67. The fourth-order valence-electron chi connectivity index (χ4n) is 1.50. The Balaban J connectivity index is 2.47. The molecule has 0 saturated heterocycles. The zero-order valence-corrected chi connectivity index (χ0v) is 7.90. The number of benzene rings is 1. The minimum atomic E-state index is -0.235. The molecule has 1 N–H and O–H groups in total. The molecule has 1 aromatic carbocycles. The standard InChI is InChI=1S/C10H12OS/c1-7-2-3-10-8(6-7)9(11)4-5-12-10/h2-3,6,9,11H,4-5H2,1H3. The Kier molecular flexibility index (Phi) is 2.11. The number of aryl methyl sites for hydroxylation is 1. The molecule has 0 aromatic heterocycles. The minimum Gasteiger partial charge on any atom is -0.388 e. The largest absolute Gasteiger partial charge is 0.388 e. The van der Waals surface area contributed by atoms with Crippen LogP contribution >= 0.6 is 11.8 Å². The summed E-state index contributed by atoms with van der Waals surface area (Å²) < 4.78 is 0. The van der Waals surface area contributed by atoms with E-state index in [1.807, 2.05) is 11.8 Å². The van der Waals surface area contributed by atoms with Gasteiger partial charge in [-0.1, -0.05) is 17.7 Å². The van der Waals surface area contributed by atoms with Crippen LogP contribution in [0, 0.1) is 6.92 Å². The van der Waals surface area contributed by atoms with E-state index in [2.05, 4.69) is 25.1 Å². The van der Waals surface area contributed by atoms with Gasteiger partial charge in [-0.25, -0.2) is 0 Å². The quantitative estimate of drug-likeness (QED) is 0.662. The Morgan fingerprint density at radius 3 is 3.17 bits per heavy atom. The van der Waals surface area contributed by atoms with Crippen LogP contribution in [0.4, 0.5) is 0 Å². The number of aliphatic hydroxyl groups excluding tert-OH is 1. The maximum absolute atomic E-state index is 9.67. The molecule has 0 fully saturated rings. The van der Waals surface area contributed by atoms with Gasteiger partial charge in [-0.05, 0) is 25.0 Å². The maximum Gasteiger partial charge on any atom is 0.0808 e. The summed E-state index contributed by atoms with van der Waals surface area (Å²) in [7, 11) is 0. The summed E-state index contributed by atoms with van der Waals surface area (Å²) >= 11 is 1.84. The van der Waals surface area contributed by atoms with E-state index in [0.29, 0.717) is 0 Å². The molecule has 0 amide bonds. The third-order valence-electron chi connectivity index (χ3n) is 2.17. The van der Waals surface area contributed by atoms with E-state index in [-0.39, 0.29) is 6.10 Å². The number of hydrogen-bond acceptors (Lipinski definition) is 2. The molecular weight excluding hydrogens is 168 g/mol. The molecule has 1 nitrogen and oxygen atoms in total. The second-order valence-corrected chi connectivity index (χ2v) is 4.33. The second kappa shape index (κ2) is 3.11. The first-order chi connectivity index (χ1) is 5.77. The monoisotopic (exact) mass is 180 g/mol. The first kappa shape index (κ1) is 8.14. The summed E-state index contributed by atoms with van der Waals surface area (Å²) in [6.45, 7) is 2.06. The summed E-state index contributed by atoms with van der Waals surface area (Å²) in [5.41, 5.74) is 2.35. The van der Waals surface area contributed by atoms with Gasteiger partial charge in [-0.2, -0.15) is 0 Å². The molecule has 1 aromatic rings. The molecule has 0 spiro atoms. The summed E-state index contributed by atoms with van der Waals surface area (Å²) in [5.74, 6) is 1.04. The van der Waals surface area contributed by atoms with E-state index in [0.717, 1.165) is 17.7 Å². The van der Waals surface area contributed by atoms with Gasteiger partial charge in [0, 0.05) is 10.6 Å². The van der Waals surface area contributed by atoms with Crippen LogP contribution in [0.25, 0.3) is 0 Å². The molecule has 1 aliphatic heterocycles. The third kappa shape index (κ3) is 1.37. The van der Waals surface area contributed by atoms with Crippen LogP contribution in [-0.2, 0) is 0 Å². The second-order valence-electron chi connectivity index (χ2n) is 3.19. The lowest BCUT2D eigenvalue weighted by Crippen LogP contribution is -2.06. The average molecular weight is 180 g/mol. The Hall–Kier alpha value is -0.470. The van der Waals surface area contributed by atoms with Gasteiger partial charge in [0.05, 0.1) is 6.10 Å². The topological polar surface area (TPSA) is 20.2 Å². The molecule has 0 aliphatic carbocycles. The fourth-order valence-corrected chi connectivity index (χ4v) is 2.58. The van der Waals surface area contributed by atoms with E-state index in [1.54, 1.807) is 0 Å². The molecule has 12 heavy (non-hydrogen) atoms. The predicted molar refractivity (Wildman–Crippen MR) is 51.5 cm³/mol. The van der Waals surface area contributed by atoms with Crippen molar-refractivity contribution in [3.8, 4) is 0 Å².